The number of anilines is 1. The monoisotopic (exact) mass is 243 g/mol. The molecule has 0 spiro atoms. The van der Waals surface area contributed by atoms with Crippen LogP contribution in [0.4, 0.5) is 5.69 Å². The number of benzene rings is 1. The minimum atomic E-state index is 0.538. The Morgan fingerprint density at radius 2 is 2.06 bits per heavy atom. The Balaban J connectivity index is 1.83. The van der Waals surface area contributed by atoms with Crippen LogP contribution in [0.2, 0.25) is 0 Å². The van der Waals surface area contributed by atoms with Crippen LogP contribution in [0.3, 0.4) is 0 Å². The topological polar surface area (TPSA) is 54.8 Å². The maximum atomic E-state index is 4.19. The second kappa shape index (κ2) is 5.18. The molecule has 5 nitrogen and oxygen atoms in total. The molecule has 1 aromatic carbocycles. The third-order valence-electron chi connectivity index (χ3n) is 3.27. The zero-order chi connectivity index (χ0) is 12.2. The molecule has 2 heterocycles. The maximum Gasteiger partial charge on any atom is 0.138 e. The van der Waals surface area contributed by atoms with E-state index in [-0.39, 0.29) is 0 Å². The molecule has 18 heavy (non-hydrogen) atoms. The summed E-state index contributed by atoms with van der Waals surface area (Å²) in [5.74, 6) is 0. The van der Waals surface area contributed by atoms with Crippen LogP contribution in [-0.2, 0) is 0 Å². The predicted molar refractivity (Wildman–Crippen MR) is 70.9 cm³/mol. The van der Waals surface area contributed by atoms with Crippen LogP contribution >= 0.6 is 0 Å². The number of rotatable bonds is 3. The van der Waals surface area contributed by atoms with Crippen molar-refractivity contribution < 1.29 is 0 Å². The smallest absolute Gasteiger partial charge is 0.138 e. The van der Waals surface area contributed by atoms with Gasteiger partial charge in [-0.1, -0.05) is 12.1 Å². The van der Waals surface area contributed by atoms with E-state index in [1.807, 2.05) is 12.1 Å². The maximum absolute atomic E-state index is 4.19. The number of nitrogens with one attached hydrogen (secondary N) is 2. The summed E-state index contributed by atoms with van der Waals surface area (Å²) in [7, 11) is 0. The van der Waals surface area contributed by atoms with Crippen LogP contribution in [0, 0.1) is 0 Å². The van der Waals surface area contributed by atoms with E-state index in [0.717, 1.165) is 37.3 Å². The number of para-hydroxylation sites is 2. The highest BCUT2D eigenvalue weighted by atomic mass is 15.3. The van der Waals surface area contributed by atoms with Gasteiger partial charge in [-0.3, -0.25) is 0 Å². The Labute approximate surface area is 106 Å². The summed E-state index contributed by atoms with van der Waals surface area (Å²) < 4.78 is 1.80. The average molecular weight is 243 g/mol. The molecule has 1 saturated heterocycles. The summed E-state index contributed by atoms with van der Waals surface area (Å²) in [5, 5.41) is 11.2. The van der Waals surface area contributed by atoms with Crippen LogP contribution in [0.15, 0.2) is 36.9 Å². The van der Waals surface area contributed by atoms with E-state index >= 15 is 0 Å². The minimum Gasteiger partial charge on any atom is -0.380 e. The van der Waals surface area contributed by atoms with E-state index in [2.05, 4.69) is 32.8 Å². The van der Waals surface area contributed by atoms with E-state index in [9.17, 15) is 0 Å². The molecule has 2 aromatic rings. The van der Waals surface area contributed by atoms with Crippen molar-refractivity contribution in [3.63, 3.8) is 0 Å². The summed E-state index contributed by atoms with van der Waals surface area (Å²) in [6.07, 6.45) is 5.60. The lowest BCUT2D eigenvalue weighted by Crippen LogP contribution is -2.35. The quantitative estimate of drug-likeness (QED) is 0.856. The largest absolute Gasteiger partial charge is 0.380 e. The summed E-state index contributed by atoms with van der Waals surface area (Å²) in [6.45, 7) is 2.17. The Morgan fingerprint density at radius 3 is 2.83 bits per heavy atom. The number of hydrogen-bond acceptors (Lipinski definition) is 4. The molecule has 1 aliphatic heterocycles. The summed E-state index contributed by atoms with van der Waals surface area (Å²) >= 11 is 0. The highest BCUT2D eigenvalue weighted by molar-refractivity contribution is 5.60. The Hall–Kier alpha value is -1.88. The van der Waals surface area contributed by atoms with E-state index in [4.69, 9.17) is 0 Å². The molecule has 2 N–H and O–H groups in total. The number of piperidine rings is 1. The van der Waals surface area contributed by atoms with Gasteiger partial charge in [-0.15, -0.1) is 0 Å². The van der Waals surface area contributed by atoms with Gasteiger partial charge in [-0.2, -0.15) is 5.10 Å². The molecule has 0 bridgehead atoms. The molecule has 1 aliphatic rings. The van der Waals surface area contributed by atoms with Gasteiger partial charge in [0.15, 0.2) is 0 Å². The van der Waals surface area contributed by atoms with Crippen molar-refractivity contribution in [2.24, 2.45) is 0 Å². The fourth-order valence-corrected chi connectivity index (χ4v) is 2.31. The zero-order valence-electron chi connectivity index (χ0n) is 10.2. The molecule has 1 fully saturated rings. The third-order valence-corrected chi connectivity index (χ3v) is 3.27. The Kier molecular flexibility index (Phi) is 3.23. The highest BCUT2D eigenvalue weighted by Gasteiger charge is 2.14. The van der Waals surface area contributed by atoms with Gasteiger partial charge in [-0.05, 0) is 38.1 Å². The van der Waals surface area contributed by atoms with Crippen LogP contribution in [0.25, 0.3) is 5.69 Å². The van der Waals surface area contributed by atoms with Crippen molar-refractivity contribution in [3.05, 3.63) is 36.9 Å². The Bertz CT molecular complexity index is 488. The van der Waals surface area contributed by atoms with Gasteiger partial charge in [0, 0.05) is 6.04 Å². The van der Waals surface area contributed by atoms with Crippen molar-refractivity contribution in [2.75, 3.05) is 18.4 Å². The van der Waals surface area contributed by atoms with Crippen LogP contribution < -0.4 is 10.6 Å². The molecule has 0 atom stereocenters. The molecule has 0 saturated carbocycles. The van der Waals surface area contributed by atoms with Gasteiger partial charge < -0.3 is 10.6 Å². The minimum absolute atomic E-state index is 0.538. The molecular weight excluding hydrogens is 226 g/mol. The van der Waals surface area contributed by atoms with E-state index in [1.165, 1.54) is 0 Å². The van der Waals surface area contributed by atoms with Crippen molar-refractivity contribution in [1.29, 1.82) is 0 Å². The number of nitrogens with zero attached hydrogens (tertiary/aromatic N) is 3. The lowest BCUT2D eigenvalue weighted by molar-refractivity contribution is 0.479. The van der Waals surface area contributed by atoms with E-state index < -0.39 is 0 Å². The molecule has 1 aromatic heterocycles. The van der Waals surface area contributed by atoms with Gasteiger partial charge in [0.2, 0.25) is 0 Å². The van der Waals surface area contributed by atoms with Gasteiger partial charge >= 0.3 is 0 Å². The fourth-order valence-electron chi connectivity index (χ4n) is 2.31. The van der Waals surface area contributed by atoms with Gasteiger partial charge in [0.25, 0.3) is 0 Å². The van der Waals surface area contributed by atoms with E-state index in [0.29, 0.717) is 6.04 Å². The fraction of sp³-hybridized carbons (Fsp3) is 0.385. The van der Waals surface area contributed by atoms with Crippen LogP contribution in [0.5, 0.6) is 0 Å². The van der Waals surface area contributed by atoms with E-state index in [1.54, 1.807) is 17.3 Å². The molecule has 0 radical (unpaired) electrons. The van der Waals surface area contributed by atoms with Crippen molar-refractivity contribution in [3.8, 4) is 5.69 Å². The predicted octanol–water partition coefficient (Wildman–Crippen LogP) is 1.43. The van der Waals surface area contributed by atoms with Crippen molar-refractivity contribution in [1.82, 2.24) is 20.1 Å². The SMILES string of the molecule is c1ccc(-n2cncn2)c(NC2CCNCC2)c1. The standard InChI is InChI=1S/C13H17N5/c1-2-4-13(18-10-15-9-16-18)12(3-1)17-11-5-7-14-8-6-11/h1-4,9-11,14,17H,5-8H2. The van der Waals surface area contributed by atoms with Crippen molar-refractivity contribution >= 4 is 5.69 Å². The summed E-state index contributed by atoms with van der Waals surface area (Å²) in [5.41, 5.74) is 2.17. The molecule has 3 rings (SSSR count). The average Bonchev–Trinajstić information content (AvgIpc) is 2.94. The molecule has 94 valence electrons. The number of aromatic nitrogens is 3. The first kappa shape index (κ1) is 11.2. The third kappa shape index (κ3) is 2.36. The first-order valence-electron chi connectivity index (χ1n) is 6.35. The second-order valence-corrected chi connectivity index (χ2v) is 4.53. The first-order chi connectivity index (χ1) is 8.93. The van der Waals surface area contributed by atoms with Gasteiger partial charge in [0.1, 0.15) is 12.7 Å². The molecule has 0 unspecified atom stereocenters. The number of hydrogen-bond donors (Lipinski definition) is 2. The molecular formula is C13H17N5. The van der Waals surface area contributed by atoms with Gasteiger partial charge in [0.05, 0.1) is 11.4 Å². The van der Waals surface area contributed by atoms with Crippen molar-refractivity contribution in [2.45, 2.75) is 18.9 Å². The first-order valence-corrected chi connectivity index (χ1v) is 6.35. The second-order valence-electron chi connectivity index (χ2n) is 4.53. The van der Waals surface area contributed by atoms with Gasteiger partial charge in [-0.25, -0.2) is 9.67 Å². The normalized spacial score (nSPS) is 16.7. The molecule has 0 aliphatic carbocycles. The lowest BCUT2D eigenvalue weighted by atomic mass is 10.1. The summed E-state index contributed by atoms with van der Waals surface area (Å²) in [6, 6.07) is 8.75. The lowest BCUT2D eigenvalue weighted by Gasteiger charge is -2.25. The molecule has 0 amide bonds. The Morgan fingerprint density at radius 1 is 1.22 bits per heavy atom. The molecule has 5 heteroatoms. The zero-order valence-corrected chi connectivity index (χ0v) is 10.2. The summed E-state index contributed by atoms with van der Waals surface area (Å²) in [4.78, 5) is 4.00. The highest BCUT2D eigenvalue weighted by Crippen LogP contribution is 2.21. The van der Waals surface area contributed by atoms with Crippen LogP contribution in [0.1, 0.15) is 12.8 Å². The van der Waals surface area contributed by atoms with Crippen LogP contribution in [-0.4, -0.2) is 33.9 Å².